The predicted molar refractivity (Wildman–Crippen MR) is 106 cm³/mol. The second-order valence-corrected chi connectivity index (χ2v) is 7.74. The highest BCUT2D eigenvalue weighted by Crippen LogP contribution is 2.31. The van der Waals surface area contributed by atoms with Gasteiger partial charge >= 0.3 is 0 Å². The number of carbonyl (C=O) groups is 1. The van der Waals surface area contributed by atoms with Crippen molar-refractivity contribution in [2.75, 3.05) is 13.2 Å². The lowest BCUT2D eigenvalue weighted by atomic mass is 9.87. The average Bonchev–Trinajstić information content (AvgIpc) is 3.02. The number of halogens is 1. The Balaban J connectivity index is 1.67. The van der Waals surface area contributed by atoms with Crippen molar-refractivity contribution in [2.45, 2.75) is 18.9 Å². The second-order valence-electron chi connectivity index (χ2n) is 6.82. The van der Waals surface area contributed by atoms with E-state index < -0.39 is 0 Å². The predicted octanol–water partition coefficient (Wildman–Crippen LogP) is 3.63. The van der Waals surface area contributed by atoms with E-state index in [0.717, 1.165) is 47.0 Å². The Labute approximate surface area is 166 Å². The zero-order valence-corrected chi connectivity index (χ0v) is 16.6. The van der Waals surface area contributed by atoms with E-state index in [1.165, 1.54) is 0 Å². The van der Waals surface area contributed by atoms with Crippen molar-refractivity contribution in [3.8, 4) is 0 Å². The Hall–Kier alpha value is -2.25. The zero-order chi connectivity index (χ0) is 18.8. The molecule has 140 valence electrons. The third-order valence-electron chi connectivity index (χ3n) is 5.08. The molecule has 1 saturated heterocycles. The summed E-state index contributed by atoms with van der Waals surface area (Å²) >= 11 is 3.46. The lowest BCUT2D eigenvalue weighted by Gasteiger charge is -2.31. The van der Waals surface area contributed by atoms with Crippen LogP contribution in [0, 0.1) is 5.92 Å². The maximum absolute atomic E-state index is 13.2. The molecule has 1 atom stereocenters. The highest BCUT2D eigenvalue weighted by atomic mass is 79.9. The number of benzene rings is 1. The molecule has 0 spiro atoms. The van der Waals surface area contributed by atoms with Crippen LogP contribution in [0.2, 0.25) is 0 Å². The van der Waals surface area contributed by atoms with Crippen molar-refractivity contribution < 1.29 is 9.53 Å². The fraction of sp³-hybridized carbons (Fsp3) is 0.350. The van der Waals surface area contributed by atoms with Gasteiger partial charge in [-0.05, 0) is 48.6 Å². The number of nitrogens with zero attached hydrogens (tertiary/aromatic N) is 3. The Bertz CT molecular complexity index is 951. The van der Waals surface area contributed by atoms with Gasteiger partial charge in [-0.3, -0.25) is 14.5 Å². The van der Waals surface area contributed by atoms with E-state index in [9.17, 15) is 4.79 Å². The summed E-state index contributed by atoms with van der Waals surface area (Å²) in [7, 11) is 1.80. The van der Waals surface area contributed by atoms with Crippen LogP contribution < -0.4 is 5.32 Å². The molecule has 4 rings (SSSR count). The number of hydrogen-bond acceptors (Lipinski definition) is 4. The van der Waals surface area contributed by atoms with E-state index in [1.807, 2.05) is 36.5 Å². The van der Waals surface area contributed by atoms with Gasteiger partial charge in [-0.25, -0.2) is 0 Å². The number of rotatable bonds is 4. The van der Waals surface area contributed by atoms with Gasteiger partial charge in [0.2, 0.25) is 0 Å². The third kappa shape index (κ3) is 3.75. The number of aryl methyl sites for hydroxylation is 1. The SMILES string of the molecule is Cn1nc2cc(Br)ccc2c1C(=O)NC(c1cccnc1)C1CCOCC1. The summed E-state index contributed by atoms with van der Waals surface area (Å²) in [6, 6.07) is 9.60. The number of pyridine rings is 1. The van der Waals surface area contributed by atoms with Crippen LogP contribution in [0.1, 0.15) is 34.9 Å². The first-order valence-electron chi connectivity index (χ1n) is 9.04. The Morgan fingerprint density at radius 2 is 2.15 bits per heavy atom. The fourth-order valence-corrected chi connectivity index (χ4v) is 4.08. The summed E-state index contributed by atoms with van der Waals surface area (Å²) < 4.78 is 8.09. The number of fused-ring (bicyclic) bond motifs is 1. The molecule has 0 saturated carbocycles. The molecule has 6 nitrogen and oxygen atoms in total. The molecule has 0 bridgehead atoms. The lowest BCUT2D eigenvalue weighted by molar-refractivity contribution is 0.0512. The summed E-state index contributed by atoms with van der Waals surface area (Å²) in [5.74, 6) is 0.197. The highest BCUT2D eigenvalue weighted by Gasteiger charge is 2.29. The minimum absolute atomic E-state index is 0.101. The number of hydrogen-bond donors (Lipinski definition) is 1. The lowest BCUT2D eigenvalue weighted by Crippen LogP contribution is -2.37. The van der Waals surface area contributed by atoms with Crippen molar-refractivity contribution >= 4 is 32.7 Å². The topological polar surface area (TPSA) is 69.0 Å². The minimum atomic E-state index is -0.123. The first kappa shape index (κ1) is 18.1. The number of nitrogens with one attached hydrogen (secondary N) is 1. The van der Waals surface area contributed by atoms with Crippen molar-refractivity contribution in [1.82, 2.24) is 20.1 Å². The van der Waals surface area contributed by atoms with Gasteiger partial charge in [0.1, 0.15) is 5.69 Å². The van der Waals surface area contributed by atoms with E-state index in [1.54, 1.807) is 17.9 Å². The summed E-state index contributed by atoms with van der Waals surface area (Å²) in [4.78, 5) is 17.5. The molecule has 2 aromatic heterocycles. The number of amides is 1. The Morgan fingerprint density at radius 1 is 1.33 bits per heavy atom. The van der Waals surface area contributed by atoms with Crippen LogP contribution in [0.3, 0.4) is 0 Å². The molecule has 1 aromatic carbocycles. The Morgan fingerprint density at radius 3 is 2.89 bits per heavy atom. The van der Waals surface area contributed by atoms with Gasteiger partial charge in [0, 0.05) is 42.5 Å². The summed E-state index contributed by atoms with van der Waals surface area (Å²) in [6.45, 7) is 1.44. The number of aromatic nitrogens is 3. The van der Waals surface area contributed by atoms with Gasteiger partial charge in [-0.1, -0.05) is 22.0 Å². The third-order valence-corrected chi connectivity index (χ3v) is 5.57. The van der Waals surface area contributed by atoms with Crippen molar-refractivity contribution in [1.29, 1.82) is 0 Å². The summed E-state index contributed by atoms with van der Waals surface area (Å²) in [5, 5.41) is 8.57. The molecule has 1 amide bonds. The van der Waals surface area contributed by atoms with Crippen LogP contribution in [0.4, 0.5) is 0 Å². The van der Waals surface area contributed by atoms with Crippen molar-refractivity contribution in [3.05, 3.63) is 58.5 Å². The molecule has 7 heteroatoms. The van der Waals surface area contributed by atoms with Gasteiger partial charge in [-0.15, -0.1) is 0 Å². The van der Waals surface area contributed by atoms with Crippen LogP contribution in [0.25, 0.3) is 10.9 Å². The first-order chi connectivity index (χ1) is 13.1. The van der Waals surface area contributed by atoms with Crippen LogP contribution in [-0.2, 0) is 11.8 Å². The smallest absolute Gasteiger partial charge is 0.270 e. The van der Waals surface area contributed by atoms with Crippen LogP contribution in [0.15, 0.2) is 47.2 Å². The maximum atomic E-state index is 13.2. The van der Waals surface area contributed by atoms with Crippen molar-refractivity contribution in [3.63, 3.8) is 0 Å². The molecule has 3 heterocycles. The number of carbonyl (C=O) groups excluding carboxylic acids is 1. The molecule has 1 fully saturated rings. The molecule has 0 radical (unpaired) electrons. The summed E-state index contributed by atoms with van der Waals surface area (Å²) in [5.41, 5.74) is 2.38. The van der Waals surface area contributed by atoms with Gasteiger partial charge < -0.3 is 10.1 Å². The monoisotopic (exact) mass is 428 g/mol. The number of ether oxygens (including phenoxy) is 1. The van der Waals surface area contributed by atoms with Gasteiger partial charge in [0.05, 0.1) is 11.6 Å². The highest BCUT2D eigenvalue weighted by molar-refractivity contribution is 9.10. The van der Waals surface area contributed by atoms with Gasteiger partial charge in [0.15, 0.2) is 0 Å². The molecule has 0 aliphatic carbocycles. The first-order valence-corrected chi connectivity index (χ1v) is 9.83. The summed E-state index contributed by atoms with van der Waals surface area (Å²) in [6.07, 6.45) is 5.41. The van der Waals surface area contributed by atoms with E-state index in [2.05, 4.69) is 31.3 Å². The standard InChI is InChI=1S/C20H21BrN4O2/c1-25-19(16-5-4-15(21)11-17(16)24-25)20(26)23-18(13-6-9-27-10-7-13)14-3-2-8-22-12-14/h2-5,8,11-13,18H,6-7,9-10H2,1H3,(H,23,26). The van der Waals surface area contributed by atoms with Gasteiger partial charge in [0.25, 0.3) is 5.91 Å². The van der Waals surface area contributed by atoms with E-state index in [-0.39, 0.29) is 11.9 Å². The average molecular weight is 429 g/mol. The van der Waals surface area contributed by atoms with E-state index in [0.29, 0.717) is 11.6 Å². The van der Waals surface area contributed by atoms with E-state index >= 15 is 0 Å². The Kier molecular flexibility index (Phi) is 5.22. The molecular weight excluding hydrogens is 408 g/mol. The maximum Gasteiger partial charge on any atom is 0.270 e. The molecule has 3 aromatic rings. The molecular formula is C20H21BrN4O2. The molecule has 1 unspecified atom stereocenters. The van der Waals surface area contributed by atoms with Crippen molar-refractivity contribution in [2.24, 2.45) is 13.0 Å². The molecule has 27 heavy (non-hydrogen) atoms. The normalized spacial score (nSPS) is 16.4. The second kappa shape index (κ2) is 7.78. The minimum Gasteiger partial charge on any atom is -0.381 e. The van der Waals surface area contributed by atoms with Crippen LogP contribution >= 0.6 is 15.9 Å². The van der Waals surface area contributed by atoms with Gasteiger partial charge in [-0.2, -0.15) is 5.10 Å². The van der Waals surface area contributed by atoms with Crippen LogP contribution in [-0.4, -0.2) is 33.9 Å². The fourth-order valence-electron chi connectivity index (χ4n) is 3.73. The molecule has 1 aliphatic rings. The van der Waals surface area contributed by atoms with Crippen LogP contribution in [0.5, 0.6) is 0 Å². The zero-order valence-electron chi connectivity index (χ0n) is 15.1. The quantitative estimate of drug-likeness (QED) is 0.688. The molecule has 1 aliphatic heterocycles. The largest absolute Gasteiger partial charge is 0.381 e. The van der Waals surface area contributed by atoms with E-state index in [4.69, 9.17) is 4.74 Å². The molecule has 1 N–H and O–H groups in total.